The van der Waals surface area contributed by atoms with E-state index in [2.05, 4.69) is 0 Å². The number of esters is 1. The van der Waals surface area contributed by atoms with Gasteiger partial charge < -0.3 is 25.9 Å². The van der Waals surface area contributed by atoms with E-state index in [1.807, 2.05) is 22.6 Å². The summed E-state index contributed by atoms with van der Waals surface area (Å²) in [4.78, 5) is 11.7. The van der Waals surface area contributed by atoms with E-state index in [9.17, 15) is 4.79 Å². The molecule has 0 saturated heterocycles. The highest BCUT2D eigenvalue weighted by Crippen LogP contribution is 2.06. The van der Waals surface area contributed by atoms with E-state index in [1.54, 1.807) is 19.4 Å². The van der Waals surface area contributed by atoms with Gasteiger partial charge in [0, 0.05) is 19.9 Å². The van der Waals surface area contributed by atoms with E-state index in [4.69, 9.17) is 20.6 Å². The molecule has 0 aliphatic heterocycles. The average Bonchev–Trinajstić information content (AvgIpc) is 2.33. The SMILES string of the molecule is CCOC(=O)C([NH2+]C(CN)COC)=C(I)C=N. The molecule has 0 bridgehead atoms. The summed E-state index contributed by atoms with van der Waals surface area (Å²) >= 11 is 1.92. The van der Waals surface area contributed by atoms with Gasteiger partial charge >= 0.3 is 5.97 Å². The maximum absolute atomic E-state index is 11.7. The van der Waals surface area contributed by atoms with Crippen LogP contribution < -0.4 is 11.1 Å². The number of hydrogen-bond acceptors (Lipinski definition) is 5. The summed E-state index contributed by atoms with van der Waals surface area (Å²) in [5, 5.41) is 8.89. The maximum Gasteiger partial charge on any atom is 0.393 e. The van der Waals surface area contributed by atoms with E-state index in [1.165, 1.54) is 0 Å². The molecule has 0 aromatic carbocycles. The third-order valence-corrected chi connectivity index (χ3v) is 2.86. The number of nitrogens with two attached hydrogens (primary N) is 2. The van der Waals surface area contributed by atoms with E-state index < -0.39 is 5.97 Å². The third kappa shape index (κ3) is 6.10. The number of methoxy groups -OCH3 is 1. The molecule has 5 N–H and O–H groups in total. The van der Waals surface area contributed by atoms with Gasteiger partial charge in [0.05, 0.1) is 16.8 Å². The molecule has 7 heteroatoms. The summed E-state index contributed by atoms with van der Waals surface area (Å²) in [5.41, 5.74) is 5.95. The number of rotatable bonds is 8. The summed E-state index contributed by atoms with van der Waals surface area (Å²) in [7, 11) is 1.58. The predicted octanol–water partition coefficient (Wildman–Crippen LogP) is -0.617. The van der Waals surface area contributed by atoms with Gasteiger partial charge in [-0.25, -0.2) is 4.79 Å². The Bertz CT molecular complexity index is 295. The van der Waals surface area contributed by atoms with Crippen molar-refractivity contribution in [3.05, 3.63) is 9.28 Å². The minimum Gasteiger partial charge on any atom is -0.458 e. The van der Waals surface area contributed by atoms with Crippen LogP contribution in [0.4, 0.5) is 0 Å². The lowest BCUT2D eigenvalue weighted by Gasteiger charge is -2.14. The normalized spacial score (nSPS) is 13.9. The Morgan fingerprint density at radius 3 is 2.71 bits per heavy atom. The van der Waals surface area contributed by atoms with Crippen molar-refractivity contribution in [3.63, 3.8) is 0 Å². The highest BCUT2D eigenvalue weighted by atomic mass is 127. The molecule has 1 unspecified atom stereocenters. The van der Waals surface area contributed by atoms with Gasteiger partial charge in [0.1, 0.15) is 6.04 Å². The summed E-state index contributed by atoms with van der Waals surface area (Å²) in [6, 6.07) is -0.0656. The van der Waals surface area contributed by atoms with Crippen LogP contribution in [0.5, 0.6) is 0 Å². The summed E-state index contributed by atoms with van der Waals surface area (Å²) in [5.74, 6) is -0.435. The second-order valence-corrected chi connectivity index (χ2v) is 4.41. The number of nitrogens with one attached hydrogen (secondary N) is 1. The molecule has 17 heavy (non-hydrogen) atoms. The number of carbonyl (C=O) groups is 1. The molecular formula is C10H19IN3O3+. The number of carbonyl (C=O) groups excluding carboxylic acids is 1. The average molecular weight is 356 g/mol. The molecule has 0 radical (unpaired) electrons. The molecule has 0 aromatic rings. The summed E-state index contributed by atoms with van der Waals surface area (Å²) in [6.07, 6.45) is 1.11. The van der Waals surface area contributed by atoms with Crippen molar-refractivity contribution in [1.29, 1.82) is 5.41 Å². The van der Waals surface area contributed by atoms with Crippen molar-refractivity contribution in [2.24, 2.45) is 5.73 Å². The van der Waals surface area contributed by atoms with E-state index in [0.717, 1.165) is 6.21 Å². The minimum atomic E-state index is -0.435. The van der Waals surface area contributed by atoms with Crippen LogP contribution in [-0.4, -0.2) is 45.1 Å². The van der Waals surface area contributed by atoms with Crippen LogP contribution in [0.25, 0.3) is 0 Å². The van der Waals surface area contributed by atoms with Crippen LogP contribution in [0.2, 0.25) is 0 Å². The fraction of sp³-hybridized carbons (Fsp3) is 0.600. The molecule has 0 fully saturated rings. The van der Waals surface area contributed by atoms with Crippen molar-refractivity contribution in [2.75, 3.05) is 26.9 Å². The number of quaternary nitrogens is 1. The summed E-state index contributed by atoms with van der Waals surface area (Å²) in [6.45, 7) is 2.85. The first kappa shape index (κ1) is 16.5. The Morgan fingerprint density at radius 1 is 1.65 bits per heavy atom. The number of ether oxygens (including phenoxy) is 2. The Kier molecular flexibility index (Phi) is 9.23. The van der Waals surface area contributed by atoms with Gasteiger partial charge in [-0.1, -0.05) is 0 Å². The Morgan fingerprint density at radius 2 is 2.29 bits per heavy atom. The first-order chi connectivity index (χ1) is 8.10. The smallest absolute Gasteiger partial charge is 0.393 e. The standard InChI is InChI=1S/C10H18IN3O3/c1-3-17-10(15)9(8(11)5-13)14-7(4-12)6-16-2/h5,7,13-14H,3-4,6,12H2,1-2H3/p+1. The molecule has 0 amide bonds. The van der Waals surface area contributed by atoms with Gasteiger partial charge in [-0.2, -0.15) is 0 Å². The van der Waals surface area contributed by atoms with Crippen LogP contribution >= 0.6 is 22.6 Å². The van der Waals surface area contributed by atoms with E-state index >= 15 is 0 Å². The first-order valence-corrected chi connectivity index (χ1v) is 6.29. The zero-order chi connectivity index (χ0) is 13.3. The highest BCUT2D eigenvalue weighted by Gasteiger charge is 2.23. The van der Waals surface area contributed by atoms with Crippen molar-refractivity contribution in [1.82, 2.24) is 0 Å². The van der Waals surface area contributed by atoms with Crippen molar-refractivity contribution < 1.29 is 19.6 Å². The third-order valence-electron chi connectivity index (χ3n) is 1.97. The fourth-order valence-corrected chi connectivity index (χ4v) is 1.57. The molecule has 0 spiro atoms. The Labute approximate surface area is 115 Å². The van der Waals surface area contributed by atoms with Crippen LogP contribution in [0.3, 0.4) is 0 Å². The molecule has 0 saturated carbocycles. The molecular weight excluding hydrogens is 337 g/mol. The Hall–Kier alpha value is -0.510. The second kappa shape index (κ2) is 9.51. The number of allylic oxidation sites excluding steroid dienone is 1. The maximum atomic E-state index is 11.7. The molecule has 0 aromatic heterocycles. The lowest BCUT2D eigenvalue weighted by molar-refractivity contribution is -0.638. The van der Waals surface area contributed by atoms with Crippen LogP contribution in [0.15, 0.2) is 9.28 Å². The van der Waals surface area contributed by atoms with Gasteiger partial charge in [0.2, 0.25) is 5.70 Å². The zero-order valence-corrected chi connectivity index (χ0v) is 12.2. The van der Waals surface area contributed by atoms with Gasteiger partial charge in [0.15, 0.2) is 0 Å². The predicted molar refractivity (Wildman–Crippen MR) is 73.1 cm³/mol. The van der Waals surface area contributed by atoms with Gasteiger partial charge in [-0.15, -0.1) is 0 Å². The van der Waals surface area contributed by atoms with Crippen LogP contribution in [-0.2, 0) is 14.3 Å². The van der Waals surface area contributed by atoms with Gasteiger partial charge in [0.25, 0.3) is 0 Å². The fourth-order valence-electron chi connectivity index (χ4n) is 1.17. The number of hydrogen-bond donors (Lipinski definition) is 3. The molecule has 98 valence electrons. The first-order valence-electron chi connectivity index (χ1n) is 5.21. The molecule has 0 rings (SSSR count). The molecule has 1 atom stereocenters. The molecule has 0 aliphatic rings. The number of halogens is 1. The van der Waals surface area contributed by atoms with Crippen molar-refractivity contribution >= 4 is 34.8 Å². The van der Waals surface area contributed by atoms with Crippen molar-refractivity contribution in [2.45, 2.75) is 13.0 Å². The topological polar surface area (TPSA) is 102 Å². The van der Waals surface area contributed by atoms with Crippen LogP contribution in [0.1, 0.15) is 6.92 Å². The summed E-state index contributed by atoms with van der Waals surface area (Å²) < 4.78 is 10.5. The zero-order valence-electron chi connectivity index (χ0n) is 10.0. The van der Waals surface area contributed by atoms with Gasteiger partial charge in [-0.3, -0.25) is 0 Å². The largest absolute Gasteiger partial charge is 0.458 e. The van der Waals surface area contributed by atoms with E-state index in [0.29, 0.717) is 29.0 Å². The second-order valence-electron chi connectivity index (χ2n) is 3.24. The van der Waals surface area contributed by atoms with Gasteiger partial charge in [-0.05, 0) is 29.5 Å². The lowest BCUT2D eigenvalue weighted by Crippen LogP contribution is -2.92. The minimum absolute atomic E-state index is 0.0656. The lowest BCUT2D eigenvalue weighted by atomic mass is 10.3. The van der Waals surface area contributed by atoms with Crippen LogP contribution in [0, 0.1) is 5.41 Å². The monoisotopic (exact) mass is 356 g/mol. The Balaban J connectivity index is 4.82. The molecule has 0 aliphatic carbocycles. The van der Waals surface area contributed by atoms with Crippen molar-refractivity contribution in [3.8, 4) is 0 Å². The highest BCUT2D eigenvalue weighted by molar-refractivity contribution is 14.1. The molecule has 0 heterocycles. The molecule has 6 nitrogen and oxygen atoms in total. The quantitative estimate of drug-likeness (QED) is 0.234. The van der Waals surface area contributed by atoms with E-state index in [-0.39, 0.29) is 6.04 Å².